The lowest BCUT2D eigenvalue weighted by molar-refractivity contribution is 0.154. The average molecular weight is 226 g/mol. The molecule has 1 aromatic rings. The molecule has 1 aliphatic rings. The summed E-state index contributed by atoms with van der Waals surface area (Å²) >= 11 is 0. The Morgan fingerprint density at radius 1 is 1.06 bits per heavy atom. The fourth-order valence-corrected chi connectivity index (χ4v) is 2.20. The van der Waals surface area contributed by atoms with E-state index < -0.39 is 0 Å². The van der Waals surface area contributed by atoms with Crippen molar-refractivity contribution in [2.45, 2.75) is 38.2 Å². The fourth-order valence-electron chi connectivity index (χ4n) is 2.20. The molecule has 0 bridgehead atoms. The van der Waals surface area contributed by atoms with Crippen LogP contribution in [0.4, 0.5) is 0 Å². The maximum Gasteiger partial charge on any atom is 0.138 e. The molecule has 0 unspecified atom stereocenters. The van der Waals surface area contributed by atoms with E-state index in [0.717, 1.165) is 12.8 Å². The first-order valence-corrected chi connectivity index (χ1v) is 5.95. The zero-order valence-electron chi connectivity index (χ0n) is 9.65. The SMILES string of the molecule is N#Cc1cccc(OC2CCCCC2)c1C#N. The van der Waals surface area contributed by atoms with Crippen LogP contribution in [0.1, 0.15) is 43.2 Å². The fraction of sp³-hybridized carbons (Fsp3) is 0.429. The molecule has 0 radical (unpaired) electrons. The van der Waals surface area contributed by atoms with Crippen LogP contribution in [-0.4, -0.2) is 6.10 Å². The molecule has 0 atom stereocenters. The molecule has 1 aliphatic carbocycles. The van der Waals surface area contributed by atoms with Gasteiger partial charge >= 0.3 is 0 Å². The first kappa shape index (κ1) is 11.5. The van der Waals surface area contributed by atoms with E-state index in [1.807, 2.05) is 6.07 Å². The Morgan fingerprint density at radius 2 is 1.82 bits per heavy atom. The van der Waals surface area contributed by atoms with Crippen LogP contribution in [0.2, 0.25) is 0 Å². The van der Waals surface area contributed by atoms with Gasteiger partial charge in [-0.25, -0.2) is 0 Å². The van der Waals surface area contributed by atoms with Gasteiger partial charge in [0.25, 0.3) is 0 Å². The Hall–Kier alpha value is -2.00. The van der Waals surface area contributed by atoms with Gasteiger partial charge in [-0.1, -0.05) is 12.5 Å². The summed E-state index contributed by atoms with van der Waals surface area (Å²) in [6.07, 6.45) is 5.92. The van der Waals surface area contributed by atoms with Crippen LogP contribution in [0.3, 0.4) is 0 Å². The summed E-state index contributed by atoms with van der Waals surface area (Å²) in [5.41, 5.74) is 0.751. The smallest absolute Gasteiger partial charge is 0.138 e. The monoisotopic (exact) mass is 226 g/mol. The lowest BCUT2D eigenvalue weighted by atomic mass is 9.97. The van der Waals surface area contributed by atoms with Crippen molar-refractivity contribution in [2.75, 3.05) is 0 Å². The topological polar surface area (TPSA) is 56.8 Å². The van der Waals surface area contributed by atoms with Gasteiger partial charge in [0, 0.05) is 0 Å². The molecule has 1 aromatic carbocycles. The average Bonchev–Trinajstić information content (AvgIpc) is 2.39. The van der Waals surface area contributed by atoms with E-state index in [1.165, 1.54) is 19.3 Å². The van der Waals surface area contributed by atoms with Gasteiger partial charge in [0.2, 0.25) is 0 Å². The van der Waals surface area contributed by atoms with Crippen molar-refractivity contribution < 1.29 is 4.74 Å². The minimum atomic E-state index is 0.199. The number of rotatable bonds is 2. The maximum absolute atomic E-state index is 9.08. The first-order chi connectivity index (χ1) is 8.35. The van der Waals surface area contributed by atoms with E-state index in [2.05, 4.69) is 6.07 Å². The highest BCUT2D eigenvalue weighted by Crippen LogP contribution is 2.27. The van der Waals surface area contributed by atoms with Crippen molar-refractivity contribution in [3.05, 3.63) is 29.3 Å². The third kappa shape index (κ3) is 2.57. The summed E-state index contributed by atoms with van der Waals surface area (Å²) < 4.78 is 5.85. The molecule has 0 spiro atoms. The number of hydrogen-bond donors (Lipinski definition) is 0. The van der Waals surface area contributed by atoms with Crippen LogP contribution in [-0.2, 0) is 0 Å². The molecule has 0 amide bonds. The largest absolute Gasteiger partial charge is 0.489 e. The molecule has 0 heterocycles. The van der Waals surface area contributed by atoms with Crippen LogP contribution in [0, 0.1) is 22.7 Å². The molecule has 0 N–H and O–H groups in total. The van der Waals surface area contributed by atoms with E-state index in [1.54, 1.807) is 18.2 Å². The van der Waals surface area contributed by atoms with E-state index in [4.69, 9.17) is 15.3 Å². The molecule has 1 saturated carbocycles. The minimum absolute atomic E-state index is 0.199. The van der Waals surface area contributed by atoms with E-state index in [0.29, 0.717) is 16.9 Å². The van der Waals surface area contributed by atoms with Crippen molar-refractivity contribution in [3.63, 3.8) is 0 Å². The highest BCUT2D eigenvalue weighted by molar-refractivity contribution is 5.53. The number of hydrogen-bond acceptors (Lipinski definition) is 3. The van der Waals surface area contributed by atoms with E-state index >= 15 is 0 Å². The Balaban J connectivity index is 2.21. The molecule has 1 fully saturated rings. The van der Waals surface area contributed by atoms with Crippen LogP contribution in [0.15, 0.2) is 18.2 Å². The zero-order chi connectivity index (χ0) is 12.1. The molecule has 0 aromatic heterocycles. The molecular weight excluding hydrogens is 212 g/mol. The van der Waals surface area contributed by atoms with Crippen LogP contribution >= 0.6 is 0 Å². The second kappa shape index (κ2) is 5.37. The molecule has 3 nitrogen and oxygen atoms in total. The summed E-state index contributed by atoms with van der Waals surface area (Å²) in [5.74, 6) is 0.554. The van der Waals surface area contributed by atoms with Crippen LogP contribution < -0.4 is 4.74 Å². The lowest BCUT2D eigenvalue weighted by Gasteiger charge is -2.23. The van der Waals surface area contributed by atoms with Gasteiger partial charge in [-0.2, -0.15) is 10.5 Å². The van der Waals surface area contributed by atoms with Crippen molar-refractivity contribution in [3.8, 4) is 17.9 Å². The Kier molecular flexibility index (Phi) is 3.62. The zero-order valence-corrected chi connectivity index (χ0v) is 9.65. The van der Waals surface area contributed by atoms with Crippen molar-refractivity contribution in [1.82, 2.24) is 0 Å². The molecule has 0 saturated heterocycles. The highest BCUT2D eigenvalue weighted by atomic mass is 16.5. The Bertz CT molecular complexity index is 476. The van der Waals surface area contributed by atoms with E-state index in [9.17, 15) is 0 Å². The van der Waals surface area contributed by atoms with Crippen molar-refractivity contribution >= 4 is 0 Å². The molecule has 0 aliphatic heterocycles. The predicted molar refractivity (Wildman–Crippen MR) is 63.4 cm³/mol. The standard InChI is InChI=1S/C14H14N2O/c15-9-11-5-4-8-14(13(11)10-16)17-12-6-2-1-3-7-12/h4-5,8,12H,1-3,6-7H2. The van der Waals surface area contributed by atoms with Gasteiger partial charge in [0.15, 0.2) is 0 Å². The van der Waals surface area contributed by atoms with Crippen LogP contribution in [0.25, 0.3) is 0 Å². The number of nitriles is 2. The predicted octanol–water partition coefficient (Wildman–Crippen LogP) is 3.14. The summed E-state index contributed by atoms with van der Waals surface area (Å²) in [6.45, 7) is 0. The lowest BCUT2D eigenvalue weighted by Crippen LogP contribution is -2.20. The third-order valence-corrected chi connectivity index (χ3v) is 3.10. The Morgan fingerprint density at radius 3 is 2.47 bits per heavy atom. The van der Waals surface area contributed by atoms with Gasteiger partial charge < -0.3 is 4.74 Å². The highest BCUT2D eigenvalue weighted by Gasteiger charge is 2.17. The number of nitrogens with zero attached hydrogens (tertiary/aromatic N) is 2. The van der Waals surface area contributed by atoms with E-state index in [-0.39, 0.29) is 6.10 Å². The quantitative estimate of drug-likeness (QED) is 0.778. The normalized spacial score (nSPS) is 15.9. The molecular formula is C14H14N2O. The van der Waals surface area contributed by atoms with Gasteiger partial charge in [-0.15, -0.1) is 0 Å². The molecule has 17 heavy (non-hydrogen) atoms. The summed E-state index contributed by atoms with van der Waals surface area (Å²) in [7, 11) is 0. The minimum Gasteiger partial charge on any atom is -0.489 e. The molecule has 2 rings (SSSR count). The van der Waals surface area contributed by atoms with Crippen molar-refractivity contribution in [2.24, 2.45) is 0 Å². The van der Waals surface area contributed by atoms with Gasteiger partial charge in [-0.05, 0) is 37.8 Å². The summed E-state index contributed by atoms with van der Waals surface area (Å²) in [5, 5.41) is 18.0. The second-order valence-electron chi connectivity index (χ2n) is 4.28. The number of benzene rings is 1. The summed E-state index contributed by atoms with van der Waals surface area (Å²) in [6, 6.07) is 9.26. The van der Waals surface area contributed by atoms with Gasteiger partial charge in [0.1, 0.15) is 23.5 Å². The number of ether oxygens (including phenoxy) is 1. The summed E-state index contributed by atoms with van der Waals surface area (Å²) in [4.78, 5) is 0. The first-order valence-electron chi connectivity index (χ1n) is 5.95. The second-order valence-corrected chi connectivity index (χ2v) is 4.28. The van der Waals surface area contributed by atoms with Gasteiger partial charge in [0.05, 0.1) is 11.7 Å². The maximum atomic E-state index is 9.08. The Labute approximate surface area is 101 Å². The molecule has 3 heteroatoms. The molecule has 86 valence electrons. The van der Waals surface area contributed by atoms with Crippen LogP contribution in [0.5, 0.6) is 5.75 Å². The van der Waals surface area contributed by atoms with Crippen molar-refractivity contribution in [1.29, 1.82) is 10.5 Å². The van der Waals surface area contributed by atoms with Gasteiger partial charge in [-0.3, -0.25) is 0 Å². The third-order valence-electron chi connectivity index (χ3n) is 3.10.